The van der Waals surface area contributed by atoms with Crippen LogP contribution in [-0.2, 0) is 5.60 Å². The average Bonchev–Trinajstić information content (AvgIpc) is 3.23. The van der Waals surface area contributed by atoms with Gasteiger partial charge in [-0.1, -0.05) is 11.3 Å². The molecule has 7 nitrogen and oxygen atoms in total. The van der Waals surface area contributed by atoms with Crippen LogP contribution in [0.5, 0.6) is 5.75 Å². The van der Waals surface area contributed by atoms with E-state index in [9.17, 15) is 9.90 Å². The van der Waals surface area contributed by atoms with Crippen LogP contribution in [0.2, 0.25) is 0 Å². The van der Waals surface area contributed by atoms with Gasteiger partial charge in [-0.3, -0.25) is 4.79 Å². The summed E-state index contributed by atoms with van der Waals surface area (Å²) in [6.45, 7) is 7.13. The number of carbonyl (C=O) groups is 1. The topological polar surface area (TPSA) is 80.5 Å². The number of rotatable bonds is 5. The largest absolute Gasteiger partial charge is 0.494 e. The van der Waals surface area contributed by atoms with Crippen LogP contribution in [-0.4, -0.2) is 50.6 Å². The number of ether oxygens (including phenoxy) is 1. The van der Waals surface area contributed by atoms with E-state index in [4.69, 9.17) is 4.74 Å². The zero-order valence-electron chi connectivity index (χ0n) is 14.8. The number of carbonyl (C=O) groups excluding carboxylic acids is 1. The zero-order valence-corrected chi connectivity index (χ0v) is 14.8. The molecule has 1 N–H and O–H groups in total. The molecule has 0 spiro atoms. The average molecular weight is 344 g/mol. The molecule has 1 aromatic carbocycles. The van der Waals surface area contributed by atoms with Gasteiger partial charge in [-0.25, -0.2) is 4.68 Å². The van der Waals surface area contributed by atoms with Crippen molar-refractivity contribution in [3.63, 3.8) is 0 Å². The third kappa shape index (κ3) is 3.51. The quantitative estimate of drug-likeness (QED) is 0.897. The van der Waals surface area contributed by atoms with Gasteiger partial charge in [0.2, 0.25) is 0 Å². The first-order valence-corrected chi connectivity index (χ1v) is 8.60. The summed E-state index contributed by atoms with van der Waals surface area (Å²) in [4.78, 5) is 14.4. The predicted octanol–water partition coefficient (Wildman–Crippen LogP) is 1.99. The van der Waals surface area contributed by atoms with E-state index in [1.165, 1.54) is 0 Å². The predicted molar refractivity (Wildman–Crippen MR) is 92.4 cm³/mol. The summed E-state index contributed by atoms with van der Waals surface area (Å²) in [5, 5.41) is 19.1. The van der Waals surface area contributed by atoms with Crippen molar-refractivity contribution in [1.82, 2.24) is 19.9 Å². The maximum atomic E-state index is 12.8. The van der Waals surface area contributed by atoms with Gasteiger partial charge in [-0.15, -0.1) is 5.10 Å². The number of hydrogen-bond donors (Lipinski definition) is 1. The van der Waals surface area contributed by atoms with Gasteiger partial charge in [0, 0.05) is 24.6 Å². The monoisotopic (exact) mass is 344 g/mol. The van der Waals surface area contributed by atoms with Gasteiger partial charge < -0.3 is 14.7 Å². The maximum Gasteiger partial charge on any atom is 0.254 e. The standard InChI is InChI=1S/C18H24N4O3/c1-4-25-15-7-5-6-14(10-15)17(23)21-9-8-18(24,12-21)16-11-22(13(2)3)20-19-16/h5-7,10-11,13,24H,4,8-9,12H2,1-3H3/t18-/m1/s1. The van der Waals surface area contributed by atoms with Crippen LogP contribution in [0.15, 0.2) is 30.5 Å². The maximum absolute atomic E-state index is 12.8. The van der Waals surface area contributed by atoms with Crippen molar-refractivity contribution in [2.45, 2.75) is 38.8 Å². The molecule has 0 saturated carbocycles. The van der Waals surface area contributed by atoms with Crippen LogP contribution >= 0.6 is 0 Å². The van der Waals surface area contributed by atoms with Crippen LogP contribution in [0.25, 0.3) is 0 Å². The summed E-state index contributed by atoms with van der Waals surface area (Å²) in [5.74, 6) is 0.552. The molecule has 1 aliphatic heterocycles. The first-order valence-electron chi connectivity index (χ1n) is 8.60. The Morgan fingerprint density at radius 2 is 2.24 bits per heavy atom. The summed E-state index contributed by atoms with van der Waals surface area (Å²) in [5.41, 5.74) is -0.0824. The lowest BCUT2D eigenvalue weighted by Gasteiger charge is -2.21. The highest BCUT2D eigenvalue weighted by molar-refractivity contribution is 5.94. The van der Waals surface area contributed by atoms with Crippen LogP contribution in [0.4, 0.5) is 0 Å². The second kappa shape index (κ2) is 6.84. The minimum absolute atomic E-state index is 0.117. The van der Waals surface area contributed by atoms with Crippen LogP contribution in [0.3, 0.4) is 0 Å². The normalized spacial score (nSPS) is 20.3. The highest BCUT2D eigenvalue weighted by atomic mass is 16.5. The van der Waals surface area contributed by atoms with Gasteiger partial charge in [-0.05, 0) is 39.0 Å². The van der Waals surface area contributed by atoms with E-state index in [1.54, 1.807) is 34.0 Å². The molecule has 1 aromatic heterocycles. The van der Waals surface area contributed by atoms with Crippen LogP contribution in [0, 0.1) is 0 Å². The molecule has 3 rings (SSSR count). The molecule has 1 saturated heterocycles. The van der Waals surface area contributed by atoms with Crippen molar-refractivity contribution in [1.29, 1.82) is 0 Å². The van der Waals surface area contributed by atoms with Gasteiger partial charge in [-0.2, -0.15) is 0 Å². The highest BCUT2D eigenvalue weighted by Gasteiger charge is 2.42. The minimum atomic E-state index is -1.15. The number of β-amino-alcohol motifs (C(OH)–C–C–N with tert-alkyl or cyclic N) is 1. The van der Waals surface area contributed by atoms with Gasteiger partial charge in [0.1, 0.15) is 17.0 Å². The van der Waals surface area contributed by atoms with Gasteiger partial charge in [0.15, 0.2) is 0 Å². The Labute approximate surface area is 147 Å². The first kappa shape index (κ1) is 17.4. The summed E-state index contributed by atoms with van der Waals surface area (Å²) in [7, 11) is 0. The van der Waals surface area contributed by atoms with Crippen molar-refractivity contribution >= 4 is 5.91 Å². The lowest BCUT2D eigenvalue weighted by Crippen LogP contribution is -2.34. The third-order valence-corrected chi connectivity index (χ3v) is 4.44. The third-order valence-electron chi connectivity index (χ3n) is 4.44. The molecular weight excluding hydrogens is 320 g/mol. The van der Waals surface area contributed by atoms with Crippen LogP contribution in [0.1, 0.15) is 49.3 Å². The Morgan fingerprint density at radius 3 is 2.92 bits per heavy atom. The lowest BCUT2D eigenvalue weighted by atomic mass is 10.00. The smallest absolute Gasteiger partial charge is 0.254 e. The molecular formula is C18H24N4O3. The molecule has 0 aliphatic carbocycles. The lowest BCUT2D eigenvalue weighted by molar-refractivity contribution is 0.0381. The number of hydrogen-bond acceptors (Lipinski definition) is 5. The Morgan fingerprint density at radius 1 is 1.44 bits per heavy atom. The molecule has 7 heteroatoms. The first-order chi connectivity index (χ1) is 11.9. The molecule has 2 aromatic rings. The number of nitrogens with zero attached hydrogens (tertiary/aromatic N) is 4. The van der Waals surface area contributed by atoms with Crippen LogP contribution < -0.4 is 4.74 Å². The van der Waals surface area contributed by atoms with Gasteiger partial charge in [0.25, 0.3) is 5.91 Å². The molecule has 25 heavy (non-hydrogen) atoms. The van der Waals surface area contributed by atoms with E-state index >= 15 is 0 Å². The van der Waals surface area contributed by atoms with E-state index in [0.717, 1.165) is 0 Å². The SMILES string of the molecule is CCOc1cccc(C(=O)N2CC[C@](O)(c3cn(C(C)C)nn3)C2)c1. The highest BCUT2D eigenvalue weighted by Crippen LogP contribution is 2.32. The second-order valence-electron chi connectivity index (χ2n) is 6.65. The molecule has 0 radical (unpaired) electrons. The van der Waals surface area contributed by atoms with Gasteiger partial charge >= 0.3 is 0 Å². The van der Waals surface area contributed by atoms with Crippen molar-refractivity contribution in [2.75, 3.05) is 19.7 Å². The fourth-order valence-corrected chi connectivity index (χ4v) is 2.99. The summed E-state index contributed by atoms with van der Waals surface area (Å²) in [6, 6.07) is 7.29. The van der Waals surface area contributed by atoms with E-state index in [0.29, 0.717) is 36.6 Å². The number of amides is 1. The second-order valence-corrected chi connectivity index (χ2v) is 6.65. The molecule has 134 valence electrons. The molecule has 0 bridgehead atoms. The molecule has 1 atom stereocenters. The van der Waals surface area contributed by atoms with Crippen molar-refractivity contribution in [3.8, 4) is 5.75 Å². The van der Waals surface area contributed by atoms with Crippen molar-refractivity contribution < 1.29 is 14.6 Å². The van der Waals surface area contributed by atoms with Crippen molar-refractivity contribution in [2.24, 2.45) is 0 Å². The molecule has 1 amide bonds. The molecule has 1 fully saturated rings. The summed E-state index contributed by atoms with van der Waals surface area (Å²) in [6.07, 6.45) is 2.20. The van der Waals surface area contributed by atoms with Gasteiger partial charge in [0.05, 0.1) is 19.3 Å². The Kier molecular flexibility index (Phi) is 4.76. The summed E-state index contributed by atoms with van der Waals surface area (Å²) < 4.78 is 7.17. The number of aliphatic hydroxyl groups is 1. The van der Waals surface area contributed by atoms with Crippen molar-refractivity contribution in [3.05, 3.63) is 41.7 Å². The number of aromatic nitrogens is 3. The Hall–Kier alpha value is -2.41. The number of benzene rings is 1. The fraction of sp³-hybridized carbons (Fsp3) is 0.500. The molecule has 0 unspecified atom stereocenters. The Bertz CT molecular complexity index is 758. The molecule has 2 heterocycles. The molecule has 1 aliphatic rings. The Balaban J connectivity index is 1.75. The van der Waals surface area contributed by atoms with E-state index in [1.807, 2.05) is 26.8 Å². The number of likely N-dealkylation sites (tertiary alicyclic amines) is 1. The minimum Gasteiger partial charge on any atom is -0.494 e. The zero-order chi connectivity index (χ0) is 18.0. The van der Waals surface area contributed by atoms with E-state index in [-0.39, 0.29) is 18.5 Å². The van der Waals surface area contributed by atoms with E-state index < -0.39 is 5.60 Å². The fourth-order valence-electron chi connectivity index (χ4n) is 2.99. The summed E-state index contributed by atoms with van der Waals surface area (Å²) >= 11 is 0. The van der Waals surface area contributed by atoms with E-state index in [2.05, 4.69) is 10.3 Å².